The molecule has 2 aromatic carbocycles. The first-order chi connectivity index (χ1) is 8.09. The third kappa shape index (κ3) is 3.03. The van der Waals surface area contributed by atoms with Gasteiger partial charge < -0.3 is 0 Å². The van der Waals surface area contributed by atoms with E-state index in [4.69, 9.17) is 0 Å². The normalized spacial score (nSPS) is 11.2. The van der Waals surface area contributed by atoms with Crippen LogP contribution < -0.4 is 3.12 Å². The molecule has 0 radical (unpaired) electrons. The average molecular weight is 332 g/mol. The Labute approximate surface area is 108 Å². The standard InChI is InChI=1S/C12H10N.3CH3.Sn/c1-3-7-11(8-4-1)13-12-9-5-2-6-10-12;;;;/h1-10H;3*1H3;/q-1;;;;+1. The van der Waals surface area contributed by atoms with Crippen LogP contribution in [0.2, 0.25) is 14.8 Å². The molecule has 0 N–H and O–H groups in total. The van der Waals surface area contributed by atoms with Crippen LogP contribution in [0.3, 0.4) is 0 Å². The summed E-state index contributed by atoms with van der Waals surface area (Å²) in [5.74, 6) is 0. The monoisotopic (exact) mass is 333 g/mol. The van der Waals surface area contributed by atoms with Gasteiger partial charge in [0.25, 0.3) is 0 Å². The fraction of sp³-hybridized carbons (Fsp3) is 0.200. The van der Waals surface area contributed by atoms with Crippen LogP contribution in [0.1, 0.15) is 0 Å². The fourth-order valence-corrected chi connectivity index (χ4v) is 7.35. The molecule has 2 heteroatoms. The van der Waals surface area contributed by atoms with Gasteiger partial charge in [0.05, 0.1) is 0 Å². The van der Waals surface area contributed by atoms with E-state index in [0.29, 0.717) is 0 Å². The summed E-state index contributed by atoms with van der Waals surface area (Å²) in [5, 5.41) is 0. The Morgan fingerprint density at radius 1 is 0.647 bits per heavy atom. The predicted molar refractivity (Wildman–Crippen MR) is 78.4 cm³/mol. The van der Waals surface area contributed by atoms with Gasteiger partial charge in [0.2, 0.25) is 0 Å². The van der Waals surface area contributed by atoms with Crippen molar-refractivity contribution >= 4 is 30.0 Å². The van der Waals surface area contributed by atoms with E-state index in [1.807, 2.05) is 0 Å². The van der Waals surface area contributed by atoms with Crippen molar-refractivity contribution in [2.24, 2.45) is 0 Å². The molecular weight excluding hydrogens is 313 g/mol. The number of rotatable bonds is 3. The van der Waals surface area contributed by atoms with Crippen LogP contribution in [-0.4, -0.2) is 18.7 Å². The van der Waals surface area contributed by atoms with Crippen molar-refractivity contribution in [3.05, 3.63) is 60.7 Å². The first-order valence-corrected chi connectivity index (χ1v) is 15.8. The third-order valence-electron chi connectivity index (χ3n) is 2.70. The molecule has 0 fully saturated rings. The minimum absolute atomic E-state index is 1.32. The second-order valence-corrected chi connectivity index (χ2v) is 18.8. The number of hydrogen-bond acceptors (Lipinski definition) is 1. The maximum atomic E-state index is 2.56. The molecule has 0 bridgehead atoms. The van der Waals surface area contributed by atoms with Gasteiger partial charge in [-0.3, -0.25) is 0 Å². The summed E-state index contributed by atoms with van der Waals surface area (Å²) >= 11 is -2.20. The predicted octanol–water partition coefficient (Wildman–Crippen LogP) is 4.66. The molecule has 0 aromatic heterocycles. The van der Waals surface area contributed by atoms with Gasteiger partial charge in [-0.15, -0.1) is 0 Å². The molecule has 2 aromatic rings. The van der Waals surface area contributed by atoms with E-state index < -0.39 is 18.7 Å². The number of anilines is 2. The summed E-state index contributed by atoms with van der Waals surface area (Å²) in [6.07, 6.45) is 0. The van der Waals surface area contributed by atoms with Crippen molar-refractivity contribution in [2.75, 3.05) is 3.12 Å². The van der Waals surface area contributed by atoms with E-state index in [1.54, 1.807) is 0 Å². The molecule has 0 aliphatic carbocycles. The van der Waals surface area contributed by atoms with Gasteiger partial charge in [-0.05, 0) is 0 Å². The van der Waals surface area contributed by atoms with Gasteiger partial charge in [-0.1, -0.05) is 0 Å². The number of para-hydroxylation sites is 2. The minimum atomic E-state index is -2.20. The van der Waals surface area contributed by atoms with Gasteiger partial charge in [0, 0.05) is 0 Å². The molecule has 88 valence electrons. The van der Waals surface area contributed by atoms with Crippen molar-refractivity contribution in [1.29, 1.82) is 0 Å². The van der Waals surface area contributed by atoms with Crippen molar-refractivity contribution in [3.63, 3.8) is 0 Å². The van der Waals surface area contributed by atoms with Crippen LogP contribution >= 0.6 is 0 Å². The topological polar surface area (TPSA) is 3.24 Å². The Bertz CT molecular complexity index is 420. The third-order valence-corrected chi connectivity index (χ3v) is 8.00. The van der Waals surface area contributed by atoms with E-state index >= 15 is 0 Å². The van der Waals surface area contributed by atoms with Crippen LogP contribution in [0.15, 0.2) is 60.7 Å². The van der Waals surface area contributed by atoms with Gasteiger partial charge in [-0.25, -0.2) is 0 Å². The molecule has 0 aliphatic heterocycles. The number of nitrogens with zero attached hydrogens (tertiary/aromatic N) is 1. The van der Waals surface area contributed by atoms with Gasteiger partial charge in [0.1, 0.15) is 0 Å². The van der Waals surface area contributed by atoms with Crippen molar-refractivity contribution < 1.29 is 0 Å². The average Bonchev–Trinajstić information content (AvgIpc) is 2.30. The summed E-state index contributed by atoms with van der Waals surface area (Å²) in [7, 11) is 0. The molecule has 0 unspecified atom stereocenters. The van der Waals surface area contributed by atoms with Crippen LogP contribution in [0, 0.1) is 0 Å². The zero-order chi connectivity index (χ0) is 12.3. The molecule has 0 atom stereocenters. The van der Waals surface area contributed by atoms with Crippen molar-refractivity contribution in [3.8, 4) is 0 Å². The second kappa shape index (κ2) is 5.13. The molecule has 0 spiro atoms. The van der Waals surface area contributed by atoms with E-state index in [9.17, 15) is 0 Å². The number of benzene rings is 2. The molecule has 0 saturated carbocycles. The Balaban J connectivity index is 2.48. The molecule has 17 heavy (non-hydrogen) atoms. The molecule has 0 saturated heterocycles. The first-order valence-electron chi connectivity index (χ1n) is 5.99. The maximum absolute atomic E-state index is 2.56. The van der Waals surface area contributed by atoms with E-state index in [0.717, 1.165) is 0 Å². The Morgan fingerprint density at radius 2 is 1.00 bits per heavy atom. The quantitative estimate of drug-likeness (QED) is 0.739. The summed E-state index contributed by atoms with van der Waals surface area (Å²) in [6, 6.07) is 21.4. The molecular formula is C15H19NSn. The fourth-order valence-electron chi connectivity index (χ4n) is 2.08. The SMILES string of the molecule is [CH3][Sn]([CH3])([CH3])[N](c1ccccc1)c1ccccc1. The van der Waals surface area contributed by atoms with E-state index in [2.05, 4.69) is 78.6 Å². The van der Waals surface area contributed by atoms with Gasteiger partial charge >= 0.3 is 109 Å². The molecule has 0 amide bonds. The van der Waals surface area contributed by atoms with Crippen LogP contribution in [0.25, 0.3) is 0 Å². The summed E-state index contributed by atoms with van der Waals surface area (Å²) in [4.78, 5) is 7.32. The zero-order valence-electron chi connectivity index (χ0n) is 10.7. The van der Waals surface area contributed by atoms with E-state index in [1.165, 1.54) is 11.4 Å². The molecule has 2 rings (SSSR count). The zero-order valence-corrected chi connectivity index (χ0v) is 13.6. The van der Waals surface area contributed by atoms with Crippen molar-refractivity contribution in [2.45, 2.75) is 14.8 Å². The van der Waals surface area contributed by atoms with Crippen LogP contribution in [0.4, 0.5) is 11.4 Å². The Morgan fingerprint density at radius 3 is 1.29 bits per heavy atom. The second-order valence-electron chi connectivity index (χ2n) is 5.18. The summed E-state index contributed by atoms with van der Waals surface area (Å²) in [5.41, 5.74) is 2.64. The Kier molecular flexibility index (Phi) is 3.77. The number of hydrogen-bond donors (Lipinski definition) is 0. The summed E-state index contributed by atoms with van der Waals surface area (Å²) in [6.45, 7) is 0. The van der Waals surface area contributed by atoms with E-state index in [-0.39, 0.29) is 0 Å². The molecule has 0 heterocycles. The van der Waals surface area contributed by atoms with Gasteiger partial charge in [-0.2, -0.15) is 0 Å². The van der Waals surface area contributed by atoms with Crippen molar-refractivity contribution in [1.82, 2.24) is 0 Å². The molecule has 0 aliphatic rings. The Hall–Kier alpha value is -0.961. The molecule has 1 nitrogen and oxygen atoms in total. The first kappa shape index (κ1) is 12.5. The van der Waals surface area contributed by atoms with Gasteiger partial charge in [0.15, 0.2) is 0 Å². The summed E-state index contributed by atoms with van der Waals surface area (Å²) < 4.78 is 2.56. The van der Waals surface area contributed by atoms with Crippen LogP contribution in [0.5, 0.6) is 0 Å². The van der Waals surface area contributed by atoms with Crippen LogP contribution in [-0.2, 0) is 0 Å².